The first-order valence-corrected chi connectivity index (χ1v) is 15.3. The molecular formula is C31H62O2. The zero-order valence-corrected chi connectivity index (χ0v) is 23.4. The van der Waals surface area contributed by atoms with E-state index in [9.17, 15) is 4.79 Å². The second kappa shape index (κ2) is 26.1. The van der Waals surface area contributed by atoms with Crippen molar-refractivity contribution in [3.8, 4) is 0 Å². The minimum atomic E-state index is 0.0485. The highest BCUT2D eigenvalue weighted by atomic mass is 16.5. The third-order valence-electron chi connectivity index (χ3n) is 7.29. The number of carbonyl (C=O) groups is 1. The molecule has 0 saturated carbocycles. The van der Waals surface area contributed by atoms with Gasteiger partial charge >= 0.3 is 5.97 Å². The zero-order chi connectivity index (χ0) is 24.4. The monoisotopic (exact) mass is 466 g/mol. The van der Waals surface area contributed by atoms with Crippen molar-refractivity contribution in [2.24, 2.45) is 11.8 Å². The molecule has 0 N–H and O–H groups in total. The highest BCUT2D eigenvalue weighted by Gasteiger charge is 2.17. The molecule has 2 unspecified atom stereocenters. The van der Waals surface area contributed by atoms with Crippen molar-refractivity contribution in [3.63, 3.8) is 0 Å². The second-order valence-electron chi connectivity index (χ2n) is 10.8. The number of ether oxygens (including phenoxy) is 1. The fraction of sp³-hybridized carbons (Fsp3) is 0.968. The predicted molar refractivity (Wildman–Crippen MR) is 147 cm³/mol. The molecule has 0 aliphatic carbocycles. The number of unbranched alkanes of at least 4 members (excludes halogenated alkanes) is 17. The topological polar surface area (TPSA) is 26.3 Å². The molecular weight excluding hydrogens is 404 g/mol. The lowest BCUT2D eigenvalue weighted by Gasteiger charge is -2.19. The molecule has 0 bridgehead atoms. The van der Waals surface area contributed by atoms with E-state index in [4.69, 9.17) is 4.74 Å². The lowest BCUT2D eigenvalue weighted by molar-refractivity contribution is -0.149. The molecule has 0 aromatic heterocycles. The lowest BCUT2D eigenvalue weighted by Crippen LogP contribution is -2.20. The fourth-order valence-corrected chi connectivity index (χ4v) is 4.78. The van der Waals surface area contributed by atoms with E-state index < -0.39 is 0 Å². The molecule has 2 nitrogen and oxygen atoms in total. The number of hydrogen-bond donors (Lipinski definition) is 0. The number of carbonyl (C=O) groups excluding carboxylic acids is 1. The number of hydrogen-bond acceptors (Lipinski definition) is 2. The van der Waals surface area contributed by atoms with Crippen LogP contribution >= 0.6 is 0 Å². The van der Waals surface area contributed by atoms with Gasteiger partial charge in [-0.15, -0.1) is 0 Å². The van der Waals surface area contributed by atoms with Crippen LogP contribution in [0.5, 0.6) is 0 Å². The number of esters is 1. The molecule has 2 heteroatoms. The molecule has 2 atom stereocenters. The average Bonchev–Trinajstić information content (AvgIpc) is 2.82. The van der Waals surface area contributed by atoms with E-state index in [-0.39, 0.29) is 11.9 Å². The van der Waals surface area contributed by atoms with Crippen LogP contribution in [0.4, 0.5) is 0 Å². The predicted octanol–water partition coefficient (Wildman–Crippen LogP) is 10.8. The maximum absolute atomic E-state index is 12.5. The Morgan fingerprint density at radius 3 is 1.24 bits per heavy atom. The summed E-state index contributed by atoms with van der Waals surface area (Å²) >= 11 is 0. The smallest absolute Gasteiger partial charge is 0.308 e. The van der Waals surface area contributed by atoms with E-state index in [1.54, 1.807) is 0 Å². The Bertz CT molecular complexity index is 392. The molecule has 0 aliphatic heterocycles. The Morgan fingerprint density at radius 2 is 0.848 bits per heavy atom. The molecule has 0 heterocycles. The zero-order valence-electron chi connectivity index (χ0n) is 23.4. The Hall–Kier alpha value is -0.530. The first-order valence-electron chi connectivity index (χ1n) is 15.3. The van der Waals surface area contributed by atoms with Gasteiger partial charge in [0, 0.05) is 0 Å². The highest BCUT2D eigenvalue weighted by Crippen LogP contribution is 2.21. The van der Waals surface area contributed by atoms with Crippen LogP contribution in [0.2, 0.25) is 0 Å². The first kappa shape index (κ1) is 32.5. The molecule has 0 aromatic rings. The first-order chi connectivity index (χ1) is 16.2. The summed E-state index contributed by atoms with van der Waals surface area (Å²) < 4.78 is 5.84. The Kier molecular flexibility index (Phi) is 25.7. The van der Waals surface area contributed by atoms with E-state index in [2.05, 4.69) is 27.7 Å². The van der Waals surface area contributed by atoms with Crippen molar-refractivity contribution in [1.29, 1.82) is 0 Å². The van der Waals surface area contributed by atoms with Crippen molar-refractivity contribution >= 4 is 5.97 Å². The van der Waals surface area contributed by atoms with Gasteiger partial charge in [-0.2, -0.15) is 0 Å². The van der Waals surface area contributed by atoms with Crippen LogP contribution in [0.3, 0.4) is 0 Å². The van der Waals surface area contributed by atoms with Gasteiger partial charge < -0.3 is 4.74 Å². The van der Waals surface area contributed by atoms with Gasteiger partial charge in [-0.1, -0.05) is 156 Å². The molecule has 0 spiro atoms. The maximum Gasteiger partial charge on any atom is 0.308 e. The molecule has 0 radical (unpaired) electrons. The van der Waals surface area contributed by atoms with E-state index in [0.717, 1.165) is 6.42 Å². The van der Waals surface area contributed by atoms with Crippen molar-refractivity contribution in [2.75, 3.05) is 6.61 Å². The van der Waals surface area contributed by atoms with Gasteiger partial charge in [-0.3, -0.25) is 4.79 Å². The van der Waals surface area contributed by atoms with E-state index in [1.807, 2.05) is 0 Å². The van der Waals surface area contributed by atoms with Crippen LogP contribution in [0.15, 0.2) is 0 Å². The molecule has 0 amide bonds. The second-order valence-corrected chi connectivity index (χ2v) is 10.8. The van der Waals surface area contributed by atoms with Crippen LogP contribution in [0, 0.1) is 11.8 Å². The summed E-state index contributed by atoms with van der Waals surface area (Å²) in [5.41, 5.74) is 0. The Balaban J connectivity index is 4.13. The van der Waals surface area contributed by atoms with Gasteiger partial charge in [-0.05, 0) is 25.2 Å². The van der Waals surface area contributed by atoms with Gasteiger partial charge in [0.2, 0.25) is 0 Å². The van der Waals surface area contributed by atoms with Crippen molar-refractivity contribution in [1.82, 2.24) is 0 Å². The molecule has 33 heavy (non-hydrogen) atoms. The molecule has 0 aromatic carbocycles. The summed E-state index contributed by atoms with van der Waals surface area (Å²) in [7, 11) is 0. The highest BCUT2D eigenvalue weighted by molar-refractivity contribution is 5.71. The SMILES string of the molecule is CCCCCCCCCCC(CCCCCCCC)COC(=O)C(C)CCCCCCCC. The van der Waals surface area contributed by atoms with Crippen LogP contribution in [0.25, 0.3) is 0 Å². The molecule has 0 fully saturated rings. The van der Waals surface area contributed by atoms with Crippen molar-refractivity contribution < 1.29 is 9.53 Å². The van der Waals surface area contributed by atoms with Gasteiger partial charge in [0.05, 0.1) is 12.5 Å². The third kappa shape index (κ3) is 23.0. The van der Waals surface area contributed by atoms with E-state index >= 15 is 0 Å². The van der Waals surface area contributed by atoms with Gasteiger partial charge in [0.25, 0.3) is 0 Å². The summed E-state index contributed by atoms with van der Waals surface area (Å²) in [5.74, 6) is 0.683. The summed E-state index contributed by atoms with van der Waals surface area (Å²) in [6.07, 6.45) is 30.2. The maximum atomic E-state index is 12.5. The fourth-order valence-electron chi connectivity index (χ4n) is 4.78. The summed E-state index contributed by atoms with van der Waals surface area (Å²) in [6, 6.07) is 0. The van der Waals surface area contributed by atoms with Gasteiger partial charge in [0.1, 0.15) is 0 Å². The van der Waals surface area contributed by atoms with E-state index in [0.29, 0.717) is 12.5 Å². The van der Waals surface area contributed by atoms with Crippen molar-refractivity contribution in [2.45, 2.75) is 175 Å². The lowest BCUT2D eigenvalue weighted by atomic mass is 9.94. The van der Waals surface area contributed by atoms with Crippen LogP contribution < -0.4 is 0 Å². The summed E-state index contributed by atoms with van der Waals surface area (Å²) in [5, 5.41) is 0. The largest absolute Gasteiger partial charge is 0.465 e. The molecule has 0 rings (SSSR count). The summed E-state index contributed by atoms with van der Waals surface area (Å²) in [4.78, 5) is 12.5. The normalized spacial score (nSPS) is 13.2. The average molecular weight is 467 g/mol. The molecule has 0 saturated heterocycles. The minimum Gasteiger partial charge on any atom is -0.465 e. The number of rotatable bonds is 26. The van der Waals surface area contributed by atoms with Gasteiger partial charge in [0.15, 0.2) is 0 Å². The van der Waals surface area contributed by atoms with Crippen LogP contribution in [-0.2, 0) is 9.53 Å². The van der Waals surface area contributed by atoms with Crippen LogP contribution in [-0.4, -0.2) is 12.6 Å². The third-order valence-corrected chi connectivity index (χ3v) is 7.29. The Morgan fingerprint density at radius 1 is 0.515 bits per heavy atom. The van der Waals surface area contributed by atoms with Crippen LogP contribution in [0.1, 0.15) is 175 Å². The standard InChI is InChI=1S/C31H62O2/c1-5-8-11-14-17-18-21-24-27-30(26-23-20-16-13-10-7-3)28-33-31(32)29(4)25-22-19-15-12-9-6-2/h29-30H,5-28H2,1-4H3. The molecule has 0 aliphatic rings. The molecule has 198 valence electrons. The Labute approximate surface area is 209 Å². The summed E-state index contributed by atoms with van der Waals surface area (Å²) in [6.45, 7) is 9.54. The van der Waals surface area contributed by atoms with E-state index in [1.165, 1.54) is 141 Å². The quantitative estimate of drug-likeness (QED) is 0.0935. The van der Waals surface area contributed by atoms with Crippen molar-refractivity contribution in [3.05, 3.63) is 0 Å². The minimum absolute atomic E-state index is 0.0485. The van der Waals surface area contributed by atoms with Gasteiger partial charge in [-0.25, -0.2) is 0 Å².